The lowest BCUT2D eigenvalue weighted by Crippen LogP contribution is -2.42. The minimum atomic E-state index is -0.484. The zero-order valence-corrected chi connectivity index (χ0v) is 20.3. The molecule has 1 aromatic rings. The van der Waals surface area contributed by atoms with Crippen molar-refractivity contribution in [2.45, 2.75) is 85.3 Å². The fourth-order valence-electron chi connectivity index (χ4n) is 4.22. The molecule has 1 unspecified atom stereocenters. The summed E-state index contributed by atoms with van der Waals surface area (Å²) >= 11 is 0. The van der Waals surface area contributed by atoms with Crippen LogP contribution in [0.4, 0.5) is 10.5 Å². The number of para-hydroxylation sites is 1. The van der Waals surface area contributed by atoms with Gasteiger partial charge in [0, 0.05) is 24.8 Å². The van der Waals surface area contributed by atoms with Gasteiger partial charge in [0.25, 0.3) is 0 Å². The number of rotatable bonds is 7. The van der Waals surface area contributed by atoms with E-state index >= 15 is 0 Å². The first-order valence-electron chi connectivity index (χ1n) is 11.8. The second kappa shape index (κ2) is 11.5. The Morgan fingerprint density at radius 3 is 2.29 bits per heavy atom. The first kappa shape index (κ1) is 25.2. The van der Waals surface area contributed by atoms with Crippen molar-refractivity contribution < 1.29 is 14.3 Å². The summed E-state index contributed by atoms with van der Waals surface area (Å²) in [5, 5.41) is 3.19. The summed E-state index contributed by atoms with van der Waals surface area (Å²) in [5.41, 5.74) is 2.85. The molecule has 1 fully saturated rings. The lowest BCUT2D eigenvalue weighted by molar-refractivity contribution is -0.117. The Labute approximate surface area is 188 Å². The molecule has 1 aliphatic rings. The van der Waals surface area contributed by atoms with E-state index in [-0.39, 0.29) is 18.0 Å². The Bertz CT molecular complexity index is 720. The quantitative estimate of drug-likeness (QED) is 0.670. The molecule has 0 radical (unpaired) electrons. The predicted octanol–water partition coefficient (Wildman–Crippen LogP) is 4.86. The third-order valence-corrected chi connectivity index (χ3v) is 5.88. The number of carbonyl (C=O) groups excluding carboxylic acids is 2. The third kappa shape index (κ3) is 7.53. The molecule has 31 heavy (non-hydrogen) atoms. The highest BCUT2D eigenvalue weighted by atomic mass is 16.6. The molecule has 1 N–H and O–H groups in total. The fourth-order valence-corrected chi connectivity index (χ4v) is 4.22. The van der Waals surface area contributed by atoms with Crippen LogP contribution < -0.4 is 5.32 Å². The van der Waals surface area contributed by atoms with Gasteiger partial charge >= 0.3 is 6.09 Å². The van der Waals surface area contributed by atoms with Gasteiger partial charge in [-0.05, 0) is 70.5 Å². The number of benzene rings is 1. The largest absolute Gasteiger partial charge is 0.444 e. The SMILES string of the molecule is CCc1cccc(CC)c1NC(=O)CN(CC)C1CCCN(C(=O)OC(C)(C)C)CC1. The smallest absolute Gasteiger partial charge is 0.410 e. The molecule has 1 saturated heterocycles. The molecular weight excluding hydrogens is 390 g/mol. The highest BCUT2D eigenvalue weighted by Crippen LogP contribution is 2.23. The second-order valence-corrected chi connectivity index (χ2v) is 9.32. The monoisotopic (exact) mass is 431 g/mol. The summed E-state index contributed by atoms with van der Waals surface area (Å²) in [4.78, 5) is 29.4. The van der Waals surface area contributed by atoms with E-state index in [9.17, 15) is 9.59 Å². The molecule has 1 atom stereocenters. The van der Waals surface area contributed by atoms with Crippen molar-refractivity contribution in [3.63, 3.8) is 0 Å². The van der Waals surface area contributed by atoms with Gasteiger partial charge in [0.05, 0.1) is 6.54 Å². The fraction of sp³-hybridized carbons (Fsp3) is 0.680. The van der Waals surface area contributed by atoms with E-state index in [1.54, 1.807) is 0 Å². The van der Waals surface area contributed by atoms with E-state index in [0.29, 0.717) is 19.6 Å². The molecule has 2 rings (SSSR count). The molecule has 6 nitrogen and oxygen atoms in total. The molecule has 1 aromatic carbocycles. The number of hydrogen-bond acceptors (Lipinski definition) is 4. The average Bonchev–Trinajstić information content (AvgIpc) is 2.97. The molecule has 1 aliphatic heterocycles. The van der Waals surface area contributed by atoms with Crippen LogP contribution in [0.3, 0.4) is 0 Å². The van der Waals surface area contributed by atoms with E-state index in [1.807, 2.05) is 25.7 Å². The number of amides is 2. The highest BCUT2D eigenvalue weighted by molar-refractivity contribution is 5.93. The number of likely N-dealkylation sites (N-methyl/N-ethyl adjacent to an activating group) is 1. The lowest BCUT2D eigenvalue weighted by Gasteiger charge is -2.30. The maximum absolute atomic E-state index is 12.9. The van der Waals surface area contributed by atoms with Crippen LogP contribution in [0.1, 0.15) is 71.9 Å². The van der Waals surface area contributed by atoms with Gasteiger partial charge in [-0.15, -0.1) is 0 Å². The number of aryl methyl sites for hydroxylation is 2. The molecule has 0 spiro atoms. The van der Waals surface area contributed by atoms with E-state index in [0.717, 1.165) is 44.3 Å². The van der Waals surface area contributed by atoms with E-state index in [1.165, 1.54) is 11.1 Å². The van der Waals surface area contributed by atoms with E-state index in [2.05, 4.69) is 49.2 Å². The Hall–Kier alpha value is -2.08. The van der Waals surface area contributed by atoms with Crippen molar-refractivity contribution in [2.75, 3.05) is 31.5 Å². The van der Waals surface area contributed by atoms with Gasteiger partial charge in [0.1, 0.15) is 5.60 Å². The minimum absolute atomic E-state index is 0.0331. The van der Waals surface area contributed by atoms with Crippen molar-refractivity contribution in [1.29, 1.82) is 0 Å². The van der Waals surface area contributed by atoms with Crippen molar-refractivity contribution in [3.8, 4) is 0 Å². The molecular formula is C25H41N3O3. The van der Waals surface area contributed by atoms with Gasteiger partial charge in [-0.3, -0.25) is 9.69 Å². The molecule has 1 heterocycles. The van der Waals surface area contributed by atoms with E-state index in [4.69, 9.17) is 4.74 Å². The molecule has 0 bridgehead atoms. The number of hydrogen-bond donors (Lipinski definition) is 1. The van der Waals surface area contributed by atoms with Crippen LogP contribution in [0.15, 0.2) is 18.2 Å². The first-order valence-corrected chi connectivity index (χ1v) is 11.8. The summed E-state index contributed by atoms with van der Waals surface area (Å²) in [6, 6.07) is 6.52. The number of anilines is 1. The molecule has 6 heteroatoms. The predicted molar refractivity (Wildman–Crippen MR) is 127 cm³/mol. The van der Waals surface area contributed by atoms with Gasteiger partial charge in [-0.1, -0.05) is 39.0 Å². The normalized spacial score (nSPS) is 17.4. The van der Waals surface area contributed by atoms with Crippen LogP contribution >= 0.6 is 0 Å². The van der Waals surface area contributed by atoms with Gasteiger partial charge in [0.2, 0.25) is 5.91 Å². The molecule has 2 amide bonds. The topological polar surface area (TPSA) is 61.9 Å². The summed E-state index contributed by atoms with van der Waals surface area (Å²) in [7, 11) is 0. The summed E-state index contributed by atoms with van der Waals surface area (Å²) in [5.74, 6) is 0.0331. The molecule has 0 aromatic heterocycles. The zero-order valence-electron chi connectivity index (χ0n) is 20.3. The van der Waals surface area contributed by atoms with Crippen molar-refractivity contribution >= 4 is 17.7 Å². The molecule has 0 aliphatic carbocycles. The first-order chi connectivity index (χ1) is 14.7. The van der Waals surface area contributed by atoms with Crippen LogP contribution in [0.2, 0.25) is 0 Å². The number of likely N-dealkylation sites (tertiary alicyclic amines) is 1. The van der Waals surface area contributed by atoms with Crippen LogP contribution in [0.5, 0.6) is 0 Å². The van der Waals surface area contributed by atoms with Crippen molar-refractivity contribution in [1.82, 2.24) is 9.80 Å². The van der Waals surface area contributed by atoms with E-state index < -0.39 is 5.60 Å². The summed E-state index contributed by atoms with van der Waals surface area (Å²) in [6.07, 6.45) is 4.30. The van der Waals surface area contributed by atoms with Gasteiger partial charge in [-0.2, -0.15) is 0 Å². The van der Waals surface area contributed by atoms with Crippen LogP contribution in [-0.4, -0.2) is 59.6 Å². The average molecular weight is 432 g/mol. The number of nitrogens with zero attached hydrogens (tertiary/aromatic N) is 2. The molecule has 0 saturated carbocycles. The maximum Gasteiger partial charge on any atom is 0.410 e. The molecule has 174 valence electrons. The van der Waals surface area contributed by atoms with Crippen LogP contribution in [0, 0.1) is 0 Å². The highest BCUT2D eigenvalue weighted by Gasteiger charge is 2.28. The minimum Gasteiger partial charge on any atom is -0.444 e. The number of ether oxygens (including phenoxy) is 1. The third-order valence-electron chi connectivity index (χ3n) is 5.88. The Kier molecular flexibility index (Phi) is 9.35. The van der Waals surface area contributed by atoms with Crippen LogP contribution in [0.25, 0.3) is 0 Å². The number of carbonyl (C=O) groups is 2. The zero-order chi connectivity index (χ0) is 23.0. The van der Waals surface area contributed by atoms with Gasteiger partial charge in [0.15, 0.2) is 0 Å². The Morgan fingerprint density at radius 1 is 1.10 bits per heavy atom. The standard InChI is InChI=1S/C25H41N3O3/c1-7-19-12-10-13-20(8-2)23(19)26-22(29)18-27(9-3)21-14-11-16-28(17-15-21)24(30)31-25(4,5)6/h10,12-13,21H,7-9,11,14-18H2,1-6H3,(H,26,29). The lowest BCUT2D eigenvalue weighted by atomic mass is 10.0. The maximum atomic E-state index is 12.9. The second-order valence-electron chi connectivity index (χ2n) is 9.32. The van der Waals surface area contributed by atoms with Crippen LogP contribution in [-0.2, 0) is 22.4 Å². The summed E-state index contributed by atoms with van der Waals surface area (Å²) in [6.45, 7) is 14.6. The Balaban J connectivity index is 1.99. The summed E-state index contributed by atoms with van der Waals surface area (Å²) < 4.78 is 5.54. The van der Waals surface area contributed by atoms with Gasteiger partial charge in [-0.25, -0.2) is 4.79 Å². The Morgan fingerprint density at radius 2 is 1.74 bits per heavy atom. The number of nitrogens with one attached hydrogen (secondary N) is 1. The van der Waals surface area contributed by atoms with Gasteiger partial charge < -0.3 is 15.0 Å². The van der Waals surface area contributed by atoms with Crippen molar-refractivity contribution in [3.05, 3.63) is 29.3 Å². The van der Waals surface area contributed by atoms with Crippen molar-refractivity contribution in [2.24, 2.45) is 0 Å².